The van der Waals surface area contributed by atoms with E-state index in [-0.39, 0.29) is 0 Å². The molecule has 92 valence electrons. The zero-order chi connectivity index (χ0) is 12.1. The van der Waals surface area contributed by atoms with Crippen LogP contribution in [-0.2, 0) is 14.2 Å². The molecular formula is C7H11F5O3. The third-order valence-corrected chi connectivity index (χ3v) is 1.43. The van der Waals surface area contributed by atoms with E-state index >= 15 is 0 Å². The van der Waals surface area contributed by atoms with Gasteiger partial charge in [0.05, 0.1) is 0 Å². The predicted molar refractivity (Wildman–Crippen MR) is 39.4 cm³/mol. The van der Waals surface area contributed by atoms with Crippen LogP contribution >= 0.6 is 0 Å². The molecular weight excluding hydrogens is 227 g/mol. The number of halogens is 5. The van der Waals surface area contributed by atoms with Crippen LogP contribution in [0, 0.1) is 0 Å². The standard InChI is InChI=1S/C7H11F5O3/c1-4(13-2)14-3-15-5(6(8)9)7(10,11)12/h4-6H,3H2,1-2H3. The molecule has 0 aromatic heterocycles. The first-order valence-electron chi connectivity index (χ1n) is 3.90. The Labute approximate surface area is 83.1 Å². The van der Waals surface area contributed by atoms with Crippen LogP contribution in [0.25, 0.3) is 0 Å². The zero-order valence-electron chi connectivity index (χ0n) is 8.05. The summed E-state index contributed by atoms with van der Waals surface area (Å²) in [4.78, 5) is 0. The van der Waals surface area contributed by atoms with Crippen molar-refractivity contribution in [3.05, 3.63) is 0 Å². The monoisotopic (exact) mass is 238 g/mol. The van der Waals surface area contributed by atoms with Gasteiger partial charge in [-0.2, -0.15) is 13.2 Å². The SMILES string of the molecule is COC(C)OCOC(C(F)F)C(F)(F)F. The van der Waals surface area contributed by atoms with Crippen molar-refractivity contribution in [3.63, 3.8) is 0 Å². The van der Waals surface area contributed by atoms with Crippen molar-refractivity contribution in [2.75, 3.05) is 13.9 Å². The van der Waals surface area contributed by atoms with E-state index in [1.54, 1.807) is 0 Å². The molecule has 0 aliphatic carbocycles. The fourth-order valence-electron chi connectivity index (χ4n) is 0.587. The first kappa shape index (κ1) is 14.5. The summed E-state index contributed by atoms with van der Waals surface area (Å²) in [6.45, 7) is 0.470. The highest BCUT2D eigenvalue weighted by molar-refractivity contribution is 4.69. The van der Waals surface area contributed by atoms with Crippen LogP contribution in [0.1, 0.15) is 6.92 Å². The molecule has 0 bridgehead atoms. The first-order chi connectivity index (χ1) is 6.79. The van der Waals surface area contributed by atoms with Crippen LogP contribution in [0.3, 0.4) is 0 Å². The second kappa shape index (κ2) is 6.19. The average molecular weight is 238 g/mol. The molecule has 0 saturated carbocycles. The van der Waals surface area contributed by atoms with Gasteiger partial charge in [0, 0.05) is 7.11 Å². The van der Waals surface area contributed by atoms with E-state index in [2.05, 4.69) is 14.2 Å². The fourth-order valence-corrected chi connectivity index (χ4v) is 0.587. The maximum atomic E-state index is 11.9. The summed E-state index contributed by atoms with van der Waals surface area (Å²) in [5, 5.41) is 0. The van der Waals surface area contributed by atoms with Crippen molar-refractivity contribution in [3.8, 4) is 0 Å². The van der Waals surface area contributed by atoms with Crippen molar-refractivity contribution in [1.29, 1.82) is 0 Å². The summed E-state index contributed by atoms with van der Waals surface area (Å²) in [7, 11) is 1.25. The van der Waals surface area contributed by atoms with Gasteiger partial charge in [-0.1, -0.05) is 0 Å². The Morgan fingerprint density at radius 2 is 1.67 bits per heavy atom. The minimum atomic E-state index is -5.12. The summed E-state index contributed by atoms with van der Waals surface area (Å²) >= 11 is 0. The normalized spacial score (nSPS) is 16.8. The van der Waals surface area contributed by atoms with E-state index in [0.717, 1.165) is 0 Å². The Hall–Kier alpha value is -0.470. The quantitative estimate of drug-likeness (QED) is 0.524. The third kappa shape index (κ3) is 5.85. The highest BCUT2D eigenvalue weighted by atomic mass is 19.4. The van der Waals surface area contributed by atoms with E-state index in [0.29, 0.717) is 0 Å². The number of hydrogen-bond acceptors (Lipinski definition) is 3. The number of hydrogen-bond donors (Lipinski definition) is 0. The van der Waals surface area contributed by atoms with Gasteiger partial charge in [-0.25, -0.2) is 8.78 Å². The molecule has 0 heterocycles. The van der Waals surface area contributed by atoms with Gasteiger partial charge in [0.25, 0.3) is 6.43 Å². The number of rotatable bonds is 6. The third-order valence-electron chi connectivity index (χ3n) is 1.43. The lowest BCUT2D eigenvalue weighted by Crippen LogP contribution is -2.39. The summed E-state index contributed by atoms with van der Waals surface area (Å²) in [6.07, 6.45) is -12.7. The van der Waals surface area contributed by atoms with E-state index in [9.17, 15) is 22.0 Å². The lowest BCUT2D eigenvalue weighted by molar-refractivity contribution is -0.287. The topological polar surface area (TPSA) is 27.7 Å². The molecule has 2 atom stereocenters. The molecule has 0 aromatic carbocycles. The highest BCUT2D eigenvalue weighted by Gasteiger charge is 2.47. The van der Waals surface area contributed by atoms with E-state index < -0.39 is 31.8 Å². The molecule has 0 saturated heterocycles. The second-order valence-corrected chi connectivity index (χ2v) is 2.55. The number of ether oxygens (including phenoxy) is 3. The average Bonchev–Trinajstić information content (AvgIpc) is 2.09. The molecule has 3 nitrogen and oxygen atoms in total. The van der Waals surface area contributed by atoms with Gasteiger partial charge < -0.3 is 14.2 Å². The lowest BCUT2D eigenvalue weighted by atomic mass is 10.4. The Bertz CT molecular complexity index is 172. The molecule has 0 spiro atoms. The van der Waals surface area contributed by atoms with Crippen LogP contribution < -0.4 is 0 Å². The summed E-state index contributed by atoms with van der Waals surface area (Å²) < 4.78 is 72.3. The minimum absolute atomic E-state index is 0.823. The molecule has 8 heteroatoms. The molecule has 0 aliphatic heterocycles. The summed E-state index contributed by atoms with van der Waals surface area (Å²) in [6, 6.07) is 0. The van der Waals surface area contributed by atoms with Crippen LogP contribution in [0.5, 0.6) is 0 Å². The maximum Gasteiger partial charge on any atom is 0.420 e. The highest BCUT2D eigenvalue weighted by Crippen LogP contribution is 2.27. The van der Waals surface area contributed by atoms with Crippen LogP contribution in [-0.4, -0.2) is 38.9 Å². The Kier molecular flexibility index (Phi) is 5.99. The molecule has 2 unspecified atom stereocenters. The number of alkyl halides is 5. The first-order valence-corrected chi connectivity index (χ1v) is 3.90. The van der Waals surface area contributed by atoms with Crippen LogP contribution in [0.2, 0.25) is 0 Å². The molecule has 0 aromatic rings. The predicted octanol–water partition coefficient (Wildman–Crippen LogP) is 2.17. The van der Waals surface area contributed by atoms with Crippen molar-refractivity contribution in [2.24, 2.45) is 0 Å². The van der Waals surface area contributed by atoms with Crippen LogP contribution in [0.4, 0.5) is 22.0 Å². The van der Waals surface area contributed by atoms with E-state index in [1.165, 1.54) is 14.0 Å². The Balaban J connectivity index is 3.99. The molecule has 0 fully saturated rings. The van der Waals surface area contributed by atoms with Crippen molar-refractivity contribution >= 4 is 0 Å². The van der Waals surface area contributed by atoms with Gasteiger partial charge in [-0.15, -0.1) is 0 Å². The van der Waals surface area contributed by atoms with Gasteiger partial charge in [-0.3, -0.25) is 0 Å². The van der Waals surface area contributed by atoms with Crippen molar-refractivity contribution in [1.82, 2.24) is 0 Å². The zero-order valence-corrected chi connectivity index (χ0v) is 8.05. The molecule has 0 amide bonds. The van der Waals surface area contributed by atoms with Gasteiger partial charge in [0.15, 0.2) is 13.1 Å². The van der Waals surface area contributed by atoms with Gasteiger partial charge in [0.1, 0.15) is 0 Å². The fraction of sp³-hybridized carbons (Fsp3) is 1.00. The maximum absolute atomic E-state index is 11.9. The Morgan fingerprint density at radius 3 is 2.00 bits per heavy atom. The van der Waals surface area contributed by atoms with Gasteiger partial charge in [0.2, 0.25) is 6.10 Å². The van der Waals surface area contributed by atoms with Crippen LogP contribution in [0.15, 0.2) is 0 Å². The van der Waals surface area contributed by atoms with Crippen molar-refractivity contribution in [2.45, 2.75) is 31.9 Å². The van der Waals surface area contributed by atoms with E-state index in [4.69, 9.17) is 0 Å². The second-order valence-electron chi connectivity index (χ2n) is 2.55. The molecule has 0 radical (unpaired) electrons. The molecule has 15 heavy (non-hydrogen) atoms. The van der Waals surface area contributed by atoms with Gasteiger partial charge >= 0.3 is 6.18 Å². The summed E-state index contributed by atoms with van der Waals surface area (Å²) in [5.41, 5.74) is 0. The lowest BCUT2D eigenvalue weighted by Gasteiger charge is -2.20. The number of methoxy groups -OCH3 is 1. The largest absolute Gasteiger partial charge is 0.420 e. The van der Waals surface area contributed by atoms with Crippen molar-refractivity contribution < 1.29 is 36.2 Å². The molecule has 0 rings (SSSR count). The summed E-state index contributed by atoms with van der Waals surface area (Å²) in [5.74, 6) is 0. The van der Waals surface area contributed by atoms with Gasteiger partial charge in [-0.05, 0) is 6.92 Å². The smallest absolute Gasteiger partial charge is 0.356 e. The molecule has 0 N–H and O–H groups in total. The molecule has 0 aliphatic rings. The minimum Gasteiger partial charge on any atom is -0.356 e. The van der Waals surface area contributed by atoms with E-state index in [1.807, 2.05) is 0 Å². The Morgan fingerprint density at radius 1 is 1.13 bits per heavy atom.